The molecule has 0 radical (unpaired) electrons. The number of carbonyl (C=O) groups is 1. The van der Waals surface area contributed by atoms with E-state index in [1.54, 1.807) is 6.07 Å². The van der Waals surface area contributed by atoms with Crippen LogP contribution in [0.15, 0.2) is 30.3 Å². The van der Waals surface area contributed by atoms with E-state index < -0.39 is 0 Å². The van der Waals surface area contributed by atoms with E-state index in [0.29, 0.717) is 5.69 Å². The molecule has 116 valence electrons. The minimum Gasteiger partial charge on any atom is -0.356 e. The van der Waals surface area contributed by atoms with Crippen LogP contribution in [0.5, 0.6) is 0 Å². The summed E-state index contributed by atoms with van der Waals surface area (Å²) in [7, 11) is 0. The first-order valence-corrected chi connectivity index (χ1v) is 7.53. The topological polar surface area (TPSA) is 58.1 Å². The Kier molecular flexibility index (Phi) is 5.09. The Morgan fingerprint density at radius 2 is 1.82 bits per heavy atom. The predicted molar refractivity (Wildman–Crippen MR) is 89.5 cm³/mol. The molecule has 0 aliphatic rings. The minimum atomic E-state index is -0.243. The predicted octanol–water partition coefficient (Wildman–Crippen LogP) is 3.19. The molecule has 1 amide bonds. The third-order valence-electron chi connectivity index (χ3n) is 3.82. The summed E-state index contributed by atoms with van der Waals surface area (Å²) in [5, 5.41) is 11.1. The Labute approximate surface area is 131 Å². The molecule has 1 heterocycles. The van der Waals surface area contributed by atoms with Gasteiger partial charge >= 0.3 is 0 Å². The number of amides is 1. The van der Waals surface area contributed by atoms with Crippen molar-refractivity contribution < 1.29 is 4.79 Å². The first kappa shape index (κ1) is 15.9. The van der Waals surface area contributed by atoms with Crippen LogP contribution < -0.4 is 10.2 Å². The number of anilines is 2. The smallest absolute Gasteiger partial charge is 0.276 e. The highest BCUT2D eigenvalue weighted by Gasteiger charge is 2.12. The zero-order chi connectivity index (χ0) is 16.1. The molecule has 0 saturated carbocycles. The van der Waals surface area contributed by atoms with Gasteiger partial charge in [0.25, 0.3) is 5.91 Å². The maximum Gasteiger partial charge on any atom is 0.276 e. The average molecular weight is 298 g/mol. The van der Waals surface area contributed by atoms with Crippen LogP contribution in [0.25, 0.3) is 0 Å². The third-order valence-corrected chi connectivity index (χ3v) is 3.82. The van der Waals surface area contributed by atoms with Gasteiger partial charge in [-0.2, -0.15) is 0 Å². The van der Waals surface area contributed by atoms with Crippen molar-refractivity contribution in [2.75, 3.05) is 23.3 Å². The normalized spacial score (nSPS) is 10.4. The van der Waals surface area contributed by atoms with Crippen molar-refractivity contribution in [1.82, 2.24) is 10.2 Å². The molecular formula is C17H22N4O. The maximum atomic E-state index is 12.3. The van der Waals surface area contributed by atoms with E-state index >= 15 is 0 Å². The summed E-state index contributed by atoms with van der Waals surface area (Å²) in [5.41, 5.74) is 3.32. The lowest BCUT2D eigenvalue weighted by molar-refractivity contribution is 0.102. The summed E-state index contributed by atoms with van der Waals surface area (Å²) in [6.45, 7) is 9.85. The highest BCUT2D eigenvalue weighted by Crippen LogP contribution is 2.18. The second-order valence-corrected chi connectivity index (χ2v) is 5.15. The van der Waals surface area contributed by atoms with E-state index in [4.69, 9.17) is 0 Å². The number of rotatable bonds is 5. The first-order valence-electron chi connectivity index (χ1n) is 7.53. The fraction of sp³-hybridized carbons (Fsp3) is 0.353. The molecule has 0 aliphatic heterocycles. The fourth-order valence-electron chi connectivity index (χ4n) is 2.24. The summed E-state index contributed by atoms with van der Waals surface area (Å²) >= 11 is 0. The van der Waals surface area contributed by atoms with Crippen molar-refractivity contribution in [3.8, 4) is 0 Å². The van der Waals surface area contributed by atoms with Gasteiger partial charge in [-0.05, 0) is 57.0 Å². The van der Waals surface area contributed by atoms with Crippen LogP contribution in [0.3, 0.4) is 0 Å². The van der Waals surface area contributed by atoms with Gasteiger partial charge in [0.05, 0.1) is 0 Å². The van der Waals surface area contributed by atoms with E-state index in [1.165, 1.54) is 0 Å². The molecule has 2 aromatic rings. The second kappa shape index (κ2) is 7.02. The molecular weight excluding hydrogens is 276 g/mol. The molecule has 22 heavy (non-hydrogen) atoms. The van der Waals surface area contributed by atoms with Crippen LogP contribution in [-0.4, -0.2) is 29.2 Å². The monoisotopic (exact) mass is 298 g/mol. The van der Waals surface area contributed by atoms with Crippen molar-refractivity contribution in [3.05, 3.63) is 47.2 Å². The maximum absolute atomic E-state index is 12.3. The van der Waals surface area contributed by atoms with Crippen LogP contribution in [0, 0.1) is 13.8 Å². The highest BCUT2D eigenvalue weighted by molar-refractivity contribution is 6.03. The molecule has 5 heteroatoms. The van der Waals surface area contributed by atoms with Gasteiger partial charge in [-0.1, -0.05) is 12.1 Å². The molecule has 1 aromatic heterocycles. The second-order valence-electron chi connectivity index (χ2n) is 5.15. The Hall–Kier alpha value is -2.43. The number of aromatic nitrogens is 2. The standard InChI is InChI=1S/C17H22N4O/c1-5-21(6-2)16-11-10-15(19-20-16)17(22)18-14-9-7-8-12(3)13(14)4/h7-11H,5-6H2,1-4H3,(H,18,22). The van der Waals surface area contributed by atoms with Crippen LogP contribution in [0.1, 0.15) is 35.5 Å². The van der Waals surface area contributed by atoms with Crippen molar-refractivity contribution in [2.45, 2.75) is 27.7 Å². The van der Waals surface area contributed by atoms with Crippen molar-refractivity contribution in [3.63, 3.8) is 0 Å². The van der Waals surface area contributed by atoms with E-state index in [2.05, 4.69) is 34.3 Å². The summed E-state index contributed by atoms with van der Waals surface area (Å²) < 4.78 is 0. The molecule has 0 saturated heterocycles. The molecule has 1 N–H and O–H groups in total. The van der Waals surface area contributed by atoms with Crippen LogP contribution in [0.4, 0.5) is 11.5 Å². The van der Waals surface area contributed by atoms with E-state index in [-0.39, 0.29) is 5.91 Å². The molecule has 0 fully saturated rings. The summed E-state index contributed by atoms with van der Waals surface area (Å²) in [6.07, 6.45) is 0. The van der Waals surface area contributed by atoms with Gasteiger partial charge in [-0.3, -0.25) is 4.79 Å². The van der Waals surface area contributed by atoms with Gasteiger partial charge < -0.3 is 10.2 Å². The Morgan fingerprint density at radius 1 is 1.09 bits per heavy atom. The van der Waals surface area contributed by atoms with Crippen LogP contribution >= 0.6 is 0 Å². The molecule has 1 aromatic carbocycles. The number of carbonyl (C=O) groups excluding carboxylic acids is 1. The van der Waals surface area contributed by atoms with E-state index in [9.17, 15) is 4.79 Å². The molecule has 0 spiro atoms. The Morgan fingerprint density at radius 3 is 2.41 bits per heavy atom. The van der Waals surface area contributed by atoms with E-state index in [1.807, 2.05) is 38.1 Å². The third kappa shape index (κ3) is 3.42. The van der Waals surface area contributed by atoms with Gasteiger partial charge in [-0.25, -0.2) is 0 Å². The van der Waals surface area contributed by atoms with Crippen molar-refractivity contribution in [2.24, 2.45) is 0 Å². The number of nitrogens with one attached hydrogen (secondary N) is 1. The SMILES string of the molecule is CCN(CC)c1ccc(C(=O)Nc2cccc(C)c2C)nn1. The van der Waals surface area contributed by atoms with Gasteiger partial charge in [0, 0.05) is 18.8 Å². The molecule has 0 unspecified atom stereocenters. The number of aryl methyl sites for hydroxylation is 1. The van der Waals surface area contributed by atoms with Gasteiger partial charge in [0.1, 0.15) is 0 Å². The molecule has 5 nitrogen and oxygen atoms in total. The quantitative estimate of drug-likeness (QED) is 0.921. The van der Waals surface area contributed by atoms with Gasteiger partial charge in [0.15, 0.2) is 11.5 Å². The van der Waals surface area contributed by atoms with Crippen molar-refractivity contribution >= 4 is 17.4 Å². The summed E-state index contributed by atoms with van der Waals surface area (Å²) in [5.74, 6) is 0.542. The van der Waals surface area contributed by atoms with Gasteiger partial charge in [0.2, 0.25) is 0 Å². The lowest BCUT2D eigenvalue weighted by atomic mass is 10.1. The van der Waals surface area contributed by atoms with Gasteiger partial charge in [-0.15, -0.1) is 10.2 Å². The lowest BCUT2D eigenvalue weighted by Crippen LogP contribution is -2.24. The molecule has 0 bridgehead atoms. The largest absolute Gasteiger partial charge is 0.356 e. The fourth-order valence-corrected chi connectivity index (χ4v) is 2.24. The molecule has 0 atom stereocenters. The van der Waals surface area contributed by atoms with Crippen LogP contribution in [0.2, 0.25) is 0 Å². The average Bonchev–Trinajstić information content (AvgIpc) is 2.53. The summed E-state index contributed by atoms with van der Waals surface area (Å²) in [4.78, 5) is 14.4. The lowest BCUT2D eigenvalue weighted by Gasteiger charge is -2.18. The van der Waals surface area contributed by atoms with Crippen molar-refractivity contribution in [1.29, 1.82) is 0 Å². The number of hydrogen-bond acceptors (Lipinski definition) is 4. The molecule has 2 rings (SSSR count). The zero-order valence-electron chi connectivity index (χ0n) is 13.6. The number of hydrogen-bond donors (Lipinski definition) is 1. The van der Waals surface area contributed by atoms with Crippen LogP contribution in [-0.2, 0) is 0 Å². The Balaban J connectivity index is 2.15. The highest BCUT2D eigenvalue weighted by atomic mass is 16.1. The molecule has 0 aliphatic carbocycles. The zero-order valence-corrected chi connectivity index (χ0v) is 13.6. The Bertz CT molecular complexity index is 648. The summed E-state index contributed by atoms with van der Waals surface area (Å²) in [6, 6.07) is 9.37. The van der Waals surface area contributed by atoms with E-state index in [0.717, 1.165) is 35.7 Å². The number of nitrogens with zero attached hydrogens (tertiary/aromatic N) is 3. The number of benzene rings is 1. The first-order chi connectivity index (χ1) is 10.6. The minimum absolute atomic E-state index is 0.243.